The fraction of sp³-hybridized carbons (Fsp3) is 0.904. The number of hydrogen-bond acceptors (Lipinski definition) is 8. The predicted octanol–water partition coefficient (Wildman–Crippen LogP) is 19.8. The molecule has 7 unspecified atom stereocenters. The second kappa shape index (κ2) is 62.5. The summed E-state index contributed by atoms with van der Waals surface area (Å²) in [4.78, 5) is 13.1. The molecule has 0 spiro atoms. The van der Waals surface area contributed by atoms with Gasteiger partial charge >= 0.3 is 0 Å². The zero-order chi connectivity index (χ0) is 59.3. The van der Waals surface area contributed by atoms with Gasteiger partial charge in [0, 0.05) is 6.42 Å². The minimum Gasteiger partial charge on any atom is -0.394 e. The summed E-state index contributed by atoms with van der Waals surface area (Å²) in [6, 6.07) is -0.823. The van der Waals surface area contributed by atoms with Crippen LogP contribution in [-0.4, -0.2) is 87.5 Å². The summed E-state index contributed by atoms with van der Waals surface area (Å²) in [5.41, 5.74) is 0. The maximum absolute atomic E-state index is 13.1. The molecule has 1 aliphatic heterocycles. The van der Waals surface area contributed by atoms with Gasteiger partial charge in [0.15, 0.2) is 6.29 Å². The molecule has 0 aromatic heterocycles. The minimum atomic E-state index is -1.57. The lowest BCUT2D eigenvalue weighted by atomic mass is 9.99. The van der Waals surface area contributed by atoms with Crippen molar-refractivity contribution in [1.29, 1.82) is 0 Å². The Kier molecular flexibility index (Phi) is 59.7. The molecule has 82 heavy (non-hydrogen) atoms. The van der Waals surface area contributed by atoms with E-state index in [-0.39, 0.29) is 12.5 Å². The molecule has 1 saturated heterocycles. The van der Waals surface area contributed by atoms with Crippen LogP contribution in [0.1, 0.15) is 367 Å². The second-order valence-electron chi connectivity index (χ2n) is 25.4. The standard InChI is InChI=1S/C73H139NO8/c1-3-5-7-9-11-13-15-17-19-21-23-25-27-29-31-32-33-34-35-37-38-40-42-44-46-48-50-52-54-56-58-60-62-67(76)66(65-81-73-72(80)71(79)70(78)68(64-75)82-73)74-69(77)63-61-59-57-55-53-51-49-47-45-43-41-39-36-30-28-26-24-22-20-18-16-14-12-10-8-6-4-2/h22,24,52,54,60,62,66-68,70-73,75-76,78-80H,3-21,23,25-51,53,55-59,61,63-65H2,1-2H3,(H,74,77)/b24-22-,54-52+,62-60+. The van der Waals surface area contributed by atoms with Crippen LogP contribution < -0.4 is 5.32 Å². The normalized spacial score (nSPS) is 18.5. The number of unbranched alkanes of at least 4 members (excludes halogenated alkanes) is 50. The summed E-state index contributed by atoms with van der Waals surface area (Å²) >= 11 is 0. The molecule has 0 radical (unpaired) electrons. The van der Waals surface area contributed by atoms with Gasteiger partial charge in [-0.25, -0.2) is 0 Å². The van der Waals surface area contributed by atoms with Gasteiger partial charge in [0.25, 0.3) is 0 Å². The molecule has 9 heteroatoms. The molecule has 0 aromatic rings. The van der Waals surface area contributed by atoms with Gasteiger partial charge in [-0.1, -0.05) is 339 Å². The van der Waals surface area contributed by atoms with Crippen molar-refractivity contribution in [2.24, 2.45) is 0 Å². The highest BCUT2D eigenvalue weighted by Gasteiger charge is 2.44. The Balaban J connectivity index is 2.13. The van der Waals surface area contributed by atoms with Gasteiger partial charge in [-0.3, -0.25) is 4.79 Å². The number of ether oxygens (including phenoxy) is 2. The third-order valence-corrected chi connectivity index (χ3v) is 17.4. The van der Waals surface area contributed by atoms with Crippen molar-refractivity contribution in [3.8, 4) is 0 Å². The summed E-state index contributed by atoms with van der Waals surface area (Å²) in [5, 5.41) is 54.8. The van der Waals surface area contributed by atoms with E-state index in [0.29, 0.717) is 6.42 Å². The lowest BCUT2D eigenvalue weighted by Gasteiger charge is -2.40. The molecule has 1 amide bonds. The summed E-state index contributed by atoms with van der Waals surface area (Å²) in [6.07, 6.45) is 77.0. The van der Waals surface area contributed by atoms with E-state index in [4.69, 9.17) is 9.47 Å². The molecule has 9 nitrogen and oxygen atoms in total. The maximum Gasteiger partial charge on any atom is 0.220 e. The average molecular weight is 1160 g/mol. The molecule has 0 aliphatic carbocycles. The zero-order valence-electron chi connectivity index (χ0n) is 54.3. The topological polar surface area (TPSA) is 149 Å². The fourth-order valence-corrected chi connectivity index (χ4v) is 11.8. The predicted molar refractivity (Wildman–Crippen MR) is 350 cm³/mol. The van der Waals surface area contributed by atoms with Crippen LogP contribution in [-0.2, 0) is 14.3 Å². The van der Waals surface area contributed by atoms with Crippen molar-refractivity contribution in [2.75, 3.05) is 13.2 Å². The van der Waals surface area contributed by atoms with Crippen LogP contribution in [0.25, 0.3) is 0 Å². The van der Waals surface area contributed by atoms with Gasteiger partial charge in [-0.05, 0) is 57.8 Å². The van der Waals surface area contributed by atoms with Crippen molar-refractivity contribution in [2.45, 2.75) is 410 Å². The monoisotopic (exact) mass is 1160 g/mol. The lowest BCUT2D eigenvalue weighted by Crippen LogP contribution is -2.60. The number of amides is 1. The van der Waals surface area contributed by atoms with Gasteiger partial charge in [0.1, 0.15) is 24.4 Å². The quantitative estimate of drug-likeness (QED) is 0.0261. The highest BCUT2D eigenvalue weighted by Crippen LogP contribution is 2.23. The van der Waals surface area contributed by atoms with E-state index >= 15 is 0 Å². The molecule has 1 fully saturated rings. The maximum atomic E-state index is 13.1. The number of rotatable bonds is 64. The molecule has 7 atom stereocenters. The SMILES string of the molecule is CCCCCCCCCC/C=C\CCCCCCCCCCCCCCCCCC(=O)NC(COC1OC(CO)C(O)C(O)C1O)C(O)/C=C/CC/C=C/CCCCCCCCCCCCCCCCCCCCCCCCCCCC. The molecule has 0 bridgehead atoms. The summed E-state index contributed by atoms with van der Waals surface area (Å²) in [5.74, 6) is -0.180. The second-order valence-corrected chi connectivity index (χ2v) is 25.4. The third kappa shape index (κ3) is 50.6. The zero-order valence-corrected chi connectivity index (χ0v) is 54.3. The van der Waals surface area contributed by atoms with Crippen molar-refractivity contribution in [1.82, 2.24) is 5.32 Å². The van der Waals surface area contributed by atoms with E-state index in [2.05, 4.69) is 43.5 Å². The number of allylic oxidation sites excluding steroid dienone is 5. The lowest BCUT2D eigenvalue weighted by molar-refractivity contribution is -0.302. The number of aliphatic hydroxyl groups is 5. The van der Waals surface area contributed by atoms with Crippen molar-refractivity contribution in [3.63, 3.8) is 0 Å². The number of hydrogen-bond donors (Lipinski definition) is 6. The average Bonchev–Trinajstić information content (AvgIpc) is 3.53. The van der Waals surface area contributed by atoms with Gasteiger partial charge in [-0.15, -0.1) is 0 Å². The van der Waals surface area contributed by atoms with Crippen LogP contribution >= 0.6 is 0 Å². The van der Waals surface area contributed by atoms with Crippen molar-refractivity contribution >= 4 is 5.91 Å². The molecule has 1 heterocycles. The summed E-state index contributed by atoms with van der Waals surface area (Å²) in [6.45, 7) is 3.82. The van der Waals surface area contributed by atoms with E-state index < -0.39 is 49.5 Å². The third-order valence-electron chi connectivity index (χ3n) is 17.4. The van der Waals surface area contributed by atoms with Gasteiger partial charge in [-0.2, -0.15) is 0 Å². The van der Waals surface area contributed by atoms with E-state index in [1.54, 1.807) is 6.08 Å². The van der Waals surface area contributed by atoms with E-state index in [1.807, 2.05) is 6.08 Å². The number of carbonyl (C=O) groups excluding carboxylic acids is 1. The molecular weight excluding hydrogens is 1020 g/mol. The van der Waals surface area contributed by atoms with Crippen LogP contribution in [0.4, 0.5) is 0 Å². The van der Waals surface area contributed by atoms with E-state index in [9.17, 15) is 30.3 Å². The van der Waals surface area contributed by atoms with Crippen LogP contribution in [0, 0.1) is 0 Å². The fourth-order valence-electron chi connectivity index (χ4n) is 11.8. The Morgan fingerprint density at radius 3 is 1.02 bits per heavy atom. The molecule has 484 valence electrons. The first-order valence-electron chi connectivity index (χ1n) is 36.2. The number of nitrogens with one attached hydrogen (secondary N) is 1. The van der Waals surface area contributed by atoms with Gasteiger partial charge in [0.2, 0.25) is 5.91 Å². The van der Waals surface area contributed by atoms with Gasteiger partial charge in [0.05, 0.1) is 25.4 Å². The van der Waals surface area contributed by atoms with E-state index in [0.717, 1.165) is 38.5 Å². The molecule has 0 aromatic carbocycles. The Bertz CT molecular complexity index is 1390. The molecule has 0 saturated carbocycles. The highest BCUT2D eigenvalue weighted by molar-refractivity contribution is 5.76. The number of aliphatic hydroxyl groups excluding tert-OH is 5. The highest BCUT2D eigenvalue weighted by atomic mass is 16.7. The first-order chi connectivity index (χ1) is 40.3. The Morgan fingerprint density at radius 2 is 0.695 bits per heavy atom. The van der Waals surface area contributed by atoms with Crippen LogP contribution in [0.3, 0.4) is 0 Å². The summed E-state index contributed by atoms with van der Waals surface area (Å²) < 4.78 is 11.3. The van der Waals surface area contributed by atoms with Crippen molar-refractivity contribution < 1.29 is 39.8 Å². The molecule has 1 aliphatic rings. The largest absolute Gasteiger partial charge is 0.394 e. The molecule has 6 N–H and O–H groups in total. The van der Waals surface area contributed by atoms with E-state index in [1.165, 1.54) is 308 Å². The minimum absolute atomic E-state index is 0.180. The van der Waals surface area contributed by atoms with Crippen molar-refractivity contribution in [3.05, 3.63) is 36.5 Å². The Hall–Kier alpha value is -1.59. The first-order valence-corrected chi connectivity index (χ1v) is 36.2. The molecular formula is C73H139NO8. The van der Waals surface area contributed by atoms with Gasteiger partial charge < -0.3 is 40.3 Å². The first kappa shape index (κ1) is 78.4. The summed E-state index contributed by atoms with van der Waals surface area (Å²) in [7, 11) is 0. The van der Waals surface area contributed by atoms with Crippen LogP contribution in [0.5, 0.6) is 0 Å². The Labute approximate surface area is 508 Å². The van der Waals surface area contributed by atoms with Crippen LogP contribution in [0.15, 0.2) is 36.5 Å². The molecule has 1 rings (SSSR count). The smallest absolute Gasteiger partial charge is 0.220 e. The number of carbonyl (C=O) groups is 1. The Morgan fingerprint density at radius 1 is 0.402 bits per heavy atom. The van der Waals surface area contributed by atoms with Crippen LogP contribution in [0.2, 0.25) is 0 Å².